The summed E-state index contributed by atoms with van der Waals surface area (Å²) >= 11 is 0. The Morgan fingerprint density at radius 1 is 0.963 bits per heavy atom. The van der Waals surface area contributed by atoms with Crippen molar-refractivity contribution in [3.8, 4) is 11.3 Å². The fourth-order valence-electron chi connectivity index (χ4n) is 3.28. The molecule has 0 aliphatic rings. The molecule has 27 heavy (non-hydrogen) atoms. The molecule has 0 amide bonds. The third-order valence-electron chi connectivity index (χ3n) is 5.52. The van der Waals surface area contributed by atoms with Gasteiger partial charge in [-0.2, -0.15) is 4.57 Å². The smallest absolute Gasteiger partial charge is 0.213 e. The molecule has 0 fully saturated rings. The Kier molecular flexibility index (Phi) is 6.52. The van der Waals surface area contributed by atoms with Gasteiger partial charge in [-0.3, -0.25) is 0 Å². The number of nitrogens with zero attached hydrogens (tertiary/aromatic N) is 2. The molecule has 0 saturated heterocycles. The van der Waals surface area contributed by atoms with Crippen LogP contribution in [0.1, 0.15) is 72.4 Å². The maximum atomic E-state index is 2.44. The molecule has 2 aromatic rings. The quantitative estimate of drug-likeness (QED) is 0.606. The van der Waals surface area contributed by atoms with E-state index in [0.29, 0.717) is 5.92 Å². The molecule has 1 aromatic carbocycles. The minimum Gasteiger partial charge on any atom is -0.301 e. The van der Waals surface area contributed by atoms with Crippen LogP contribution in [0.4, 0.5) is 0 Å². The fraction of sp³-hybridized carbons (Fsp3) is 0.560. The van der Waals surface area contributed by atoms with Crippen LogP contribution in [-0.4, -0.2) is 24.0 Å². The number of hydrogen-bond acceptors (Lipinski definition) is 1. The minimum absolute atomic E-state index is 0.0418. The first-order valence-corrected chi connectivity index (χ1v) is 10.3. The molecule has 0 bridgehead atoms. The summed E-state index contributed by atoms with van der Waals surface area (Å²) in [5.74, 6) is 0.526. The van der Waals surface area contributed by atoms with E-state index in [4.69, 9.17) is 0 Å². The predicted octanol–water partition coefficient (Wildman–Crippen LogP) is 5.79. The van der Waals surface area contributed by atoms with E-state index >= 15 is 0 Å². The molecule has 148 valence electrons. The second kappa shape index (κ2) is 8.14. The van der Waals surface area contributed by atoms with Gasteiger partial charge in [0.25, 0.3) is 0 Å². The van der Waals surface area contributed by atoms with Crippen molar-refractivity contribution in [3.63, 3.8) is 0 Å². The SMILES string of the molecule is CC(C)c1cc[n+](C(C)(C)C)c(-c2ccccc2CCN(C)C(C)(C)C)c1. The number of aromatic nitrogens is 1. The summed E-state index contributed by atoms with van der Waals surface area (Å²) in [4.78, 5) is 2.44. The summed E-state index contributed by atoms with van der Waals surface area (Å²) in [6.07, 6.45) is 3.32. The fourth-order valence-corrected chi connectivity index (χ4v) is 3.28. The van der Waals surface area contributed by atoms with Gasteiger partial charge in [-0.25, -0.2) is 0 Å². The zero-order chi connectivity index (χ0) is 20.4. The first-order valence-electron chi connectivity index (χ1n) is 10.3. The summed E-state index contributed by atoms with van der Waals surface area (Å²) in [5.41, 5.74) is 5.73. The predicted molar refractivity (Wildman–Crippen MR) is 117 cm³/mol. The molecule has 2 heteroatoms. The van der Waals surface area contributed by atoms with Gasteiger partial charge >= 0.3 is 0 Å². The number of rotatable bonds is 5. The van der Waals surface area contributed by atoms with Gasteiger partial charge < -0.3 is 4.90 Å². The molecule has 0 spiro atoms. The normalized spacial score (nSPS) is 12.9. The standard InChI is InChI=1S/C25H39N2/c1-19(2)21-15-17-27(25(6,7)8)23(18-21)22-13-11-10-12-20(22)14-16-26(9)24(3,4)5/h10-13,15,17-19H,14,16H2,1-9H3/q+1. The molecular formula is C25H39N2+. The third kappa shape index (κ3) is 5.42. The second-order valence-electron chi connectivity index (χ2n) is 10.0. The van der Waals surface area contributed by atoms with Crippen molar-refractivity contribution in [1.29, 1.82) is 0 Å². The average Bonchev–Trinajstić information content (AvgIpc) is 2.57. The zero-order valence-electron chi connectivity index (χ0n) is 18.9. The molecule has 1 aromatic heterocycles. The molecule has 0 atom stereocenters. The van der Waals surface area contributed by atoms with E-state index in [2.05, 4.69) is 114 Å². The highest BCUT2D eigenvalue weighted by molar-refractivity contribution is 5.62. The number of benzene rings is 1. The lowest BCUT2D eigenvalue weighted by Crippen LogP contribution is -2.51. The maximum absolute atomic E-state index is 2.44. The Balaban J connectivity index is 2.50. The maximum Gasteiger partial charge on any atom is 0.213 e. The van der Waals surface area contributed by atoms with E-state index in [1.807, 2.05) is 0 Å². The summed E-state index contributed by atoms with van der Waals surface area (Å²) in [7, 11) is 2.22. The summed E-state index contributed by atoms with van der Waals surface area (Å²) in [6, 6.07) is 13.6. The molecule has 0 saturated carbocycles. The highest BCUT2D eigenvalue weighted by Gasteiger charge is 2.28. The van der Waals surface area contributed by atoms with Crippen molar-refractivity contribution in [2.24, 2.45) is 0 Å². The summed E-state index contributed by atoms with van der Waals surface area (Å²) in [6.45, 7) is 19.3. The number of pyridine rings is 1. The second-order valence-corrected chi connectivity index (χ2v) is 10.0. The van der Waals surface area contributed by atoms with Crippen LogP contribution < -0.4 is 4.57 Å². The van der Waals surface area contributed by atoms with Gasteiger partial charge in [-0.05, 0) is 57.4 Å². The monoisotopic (exact) mass is 367 g/mol. The molecule has 0 N–H and O–H groups in total. The highest BCUT2D eigenvalue weighted by Crippen LogP contribution is 2.27. The van der Waals surface area contributed by atoms with E-state index in [-0.39, 0.29) is 11.1 Å². The molecule has 0 aliphatic heterocycles. The van der Waals surface area contributed by atoms with Gasteiger partial charge in [-0.1, -0.05) is 32.0 Å². The lowest BCUT2D eigenvalue weighted by Gasteiger charge is -2.32. The highest BCUT2D eigenvalue weighted by atomic mass is 15.1. The third-order valence-corrected chi connectivity index (χ3v) is 5.52. The van der Waals surface area contributed by atoms with Crippen LogP contribution in [0.3, 0.4) is 0 Å². The van der Waals surface area contributed by atoms with E-state index in [0.717, 1.165) is 13.0 Å². The van der Waals surface area contributed by atoms with Crippen molar-refractivity contribution in [3.05, 3.63) is 53.7 Å². The van der Waals surface area contributed by atoms with Crippen LogP contribution in [0.5, 0.6) is 0 Å². The van der Waals surface area contributed by atoms with Crippen molar-refractivity contribution < 1.29 is 4.57 Å². The van der Waals surface area contributed by atoms with Crippen LogP contribution in [0.2, 0.25) is 0 Å². The first-order chi connectivity index (χ1) is 12.4. The Morgan fingerprint density at radius 3 is 2.15 bits per heavy atom. The van der Waals surface area contributed by atoms with Crippen molar-refractivity contribution >= 4 is 0 Å². The molecule has 1 heterocycles. The summed E-state index contributed by atoms with van der Waals surface area (Å²) < 4.78 is 2.42. The van der Waals surface area contributed by atoms with Gasteiger partial charge in [0.15, 0.2) is 11.7 Å². The van der Waals surface area contributed by atoms with Crippen molar-refractivity contribution in [1.82, 2.24) is 4.90 Å². The van der Waals surface area contributed by atoms with Gasteiger partial charge in [0, 0.05) is 50.6 Å². The van der Waals surface area contributed by atoms with Crippen LogP contribution in [0.15, 0.2) is 42.6 Å². The van der Waals surface area contributed by atoms with Crippen molar-refractivity contribution in [2.75, 3.05) is 13.6 Å². The zero-order valence-corrected chi connectivity index (χ0v) is 18.9. The van der Waals surface area contributed by atoms with Crippen LogP contribution in [0.25, 0.3) is 11.3 Å². The van der Waals surface area contributed by atoms with Crippen LogP contribution in [0, 0.1) is 0 Å². The molecule has 2 nitrogen and oxygen atoms in total. The minimum atomic E-state index is 0.0418. The van der Waals surface area contributed by atoms with E-state index in [1.54, 1.807) is 0 Å². The van der Waals surface area contributed by atoms with Gasteiger partial charge in [0.05, 0.1) is 0 Å². The Bertz CT molecular complexity index is 761. The Morgan fingerprint density at radius 2 is 1.59 bits per heavy atom. The van der Waals surface area contributed by atoms with Crippen LogP contribution >= 0.6 is 0 Å². The lowest BCUT2D eigenvalue weighted by atomic mass is 9.95. The molecule has 0 radical (unpaired) electrons. The Labute approximate surface area is 167 Å². The largest absolute Gasteiger partial charge is 0.301 e. The topological polar surface area (TPSA) is 7.12 Å². The van der Waals surface area contributed by atoms with E-state index < -0.39 is 0 Å². The summed E-state index contributed by atoms with van der Waals surface area (Å²) in [5, 5.41) is 0. The molecule has 0 unspecified atom stereocenters. The first kappa shape index (κ1) is 21.6. The number of hydrogen-bond donors (Lipinski definition) is 0. The molecular weight excluding hydrogens is 328 g/mol. The number of likely N-dealkylation sites (N-methyl/N-ethyl adjacent to an activating group) is 1. The van der Waals surface area contributed by atoms with Gasteiger partial charge in [0.1, 0.15) is 0 Å². The van der Waals surface area contributed by atoms with Gasteiger partial charge in [0.2, 0.25) is 5.69 Å². The lowest BCUT2D eigenvalue weighted by molar-refractivity contribution is -0.744. The molecule has 2 rings (SSSR count). The van der Waals surface area contributed by atoms with E-state index in [9.17, 15) is 0 Å². The van der Waals surface area contributed by atoms with Crippen molar-refractivity contribution in [2.45, 2.75) is 78.8 Å². The van der Waals surface area contributed by atoms with E-state index in [1.165, 1.54) is 22.4 Å². The average molecular weight is 368 g/mol. The Hall–Kier alpha value is -1.67. The molecule has 0 aliphatic carbocycles. The van der Waals surface area contributed by atoms with Crippen LogP contribution in [-0.2, 0) is 12.0 Å². The van der Waals surface area contributed by atoms with Gasteiger partial charge in [-0.15, -0.1) is 0 Å².